The number of nitrogens with one attached hydrogen (secondary N) is 1. The maximum Gasteiger partial charge on any atom is 0.279 e. The van der Waals surface area contributed by atoms with Crippen LogP contribution in [0.1, 0.15) is 32.1 Å². The van der Waals surface area contributed by atoms with Gasteiger partial charge in [0.2, 0.25) is 0 Å². The highest BCUT2D eigenvalue weighted by Crippen LogP contribution is 2.22. The van der Waals surface area contributed by atoms with Crippen LogP contribution in [-0.2, 0) is 6.54 Å². The molecule has 3 heterocycles. The molecule has 3 aromatic rings. The topological polar surface area (TPSA) is 59.8 Å². The van der Waals surface area contributed by atoms with E-state index in [1.165, 1.54) is 19.3 Å². The minimum absolute atomic E-state index is 0.0829. The summed E-state index contributed by atoms with van der Waals surface area (Å²) in [7, 11) is 0. The van der Waals surface area contributed by atoms with Crippen molar-refractivity contribution in [1.82, 2.24) is 19.9 Å². The number of aryl methyl sites for hydroxylation is 1. The summed E-state index contributed by atoms with van der Waals surface area (Å²) >= 11 is 6.08. The molecule has 5 nitrogen and oxygen atoms in total. The Bertz CT molecular complexity index is 995. The van der Waals surface area contributed by atoms with E-state index in [1.54, 1.807) is 10.9 Å². The van der Waals surface area contributed by atoms with Gasteiger partial charge in [0.1, 0.15) is 0 Å². The highest BCUT2D eigenvalue weighted by atomic mass is 35.5. The molecular formula is C21H23ClN4O. The van der Waals surface area contributed by atoms with Gasteiger partial charge < -0.3 is 5.32 Å². The second-order valence-corrected chi connectivity index (χ2v) is 7.54. The normalized spacial score (nSPS) is 17.3. The number of hydrogen-bond donors (Lipinski definition) is 1. The molecule has 1 saturated heterocycles. The number of fused-ring (bicyclic) bond motifs is 1. The molecule has 0 radical (unpaired) electrons. The zero-order valence-electron chi connectivity index (χ0n) is 15.2. The zero-order valence-corrected chi connectivity index (χ0v) is 16.0. The van der Waals surface area contributed by atoms with E-state index in [0.717, 1.165) is 30.6 Å². The number of halogens is 1. The first-order valence-corrected chi connectivity index (χ1v) is 9.94. The Morgan fingerprint density at radius 2 is 2.15 bits per heavy atom. The van der Waals surface area contributed by atoms with E-state index in [9.17, 15) is 4.79 Å². The number of rotatable bonds is 5. The first-order valence-electron chi connectivity index (χ1n) is 9.56. The van der Waals surface area contributed by atoms with Gasteiger partial charge in [0, 0.05) is 23.2 Å². The van der Waals surface area contributed by atoms with Gasteiger partial charge in [-0.15, -0.1) is 0 Å². The average Bonchev–Trinajstić information content (AvgIpc) is 2.70. The molecule has 1 aliphatic rings. The number of piperidine rings is 1. The summed E-state index contributed by atoms with van der Waals surface area (Å²) < 4.78 is 1.68. The molecule has 0 amide bonds. The lowest BCUT2D eigenvalue weighted by molar-refractivity contribution is 0.367. The van der Waals surface area contributed by atoms with Gasteiger partial charge in [0.25, 0.3) is 5.56 Å². The van der Waals surface area contributed by atoms with E-state index in [4.69, 9.17) is 11.6 Å². The van der Waals surface area contributed by atoms with Gasteiger partial charge in [0.05, 0.1) is 17.5 Å². The van der Waals surface area contributed by atoms with Gasteiger partial charge in [-0.1, -0.05) is 30.2 Å². The van der Waals surface area contributed by atoms with E-state index in [1.807, 2.05) is 36.4 Å². The summed E-state index contributed by atoms with van der Waals surface area (Å²) in [4.78, 5) is 21.9. The molecule has 0 unspecified atom stereocenters. The van der Waals surface area contributed by atoms with Crippen LogP contribution in [0, 0.1) is 0 Å². The van der Waals surface area contributed by atoms with Gasteiger partial charge in [-0.2, -0.15) is 0 Å². The number of benzene rings is 1. The fourth-order valence-electron chi connectivity index (χ4n) is 3.68. The van der Waals surface area contributed by atoms with Crippen molar-refractivity contribution < 1.29 is 0 Å². The van der Waals surface area contributed by atoms with Gasteiger partial charge in [0.15, 0.2) is 5.52 Å². The molecule has 1 N–H and O–H groups in total. The summed E-state index contributed by atoms with van der Waals surface area (Å²) in [5, 5.41) is 4.20. The van der Waals surface area contributed by atoms with Crippen LogP contribution in [0.4, 0.5) is 0 Å². The molecule has 1 fully saturated rings. The molecule has 140 valence electrons. The quantitative estimate of drug-likeness (QED) is 0.723. The van der Waals surface area contributed by atoms with Crippen LogP contribution >= 0.6 is 11.6 Å². The number of hydrogen-bond acceptors (Lipinski definition) is 4. The van der Waals surface area contributed by atoms with Crippen molar-refractivity contribution in [3.05, 3.63) is 58.1 Å². The summed E-state index contributed by atoms with van der Waals surface area (Å²) in [6.45, 7) is 1.78. The second kappa shape index (κ2) is 8.19. The van der Waals surface area contributed by atoms with Gasteiger partial charge in [-0.3, -0.25) is 9.36 Å². The zero-order chi connectivity index (χ0) is 18.6. The van der Waals surface area contributed by atoms with Crippen molar-refractivity contribution in [1.29, 1.82) is 0 Å². The van der Waals surface area contributed by atoms with Crippen LogP contribution in [0.5, 0.6) is 0 Å². The molecule has 2 aromatic heterocycles. The first kappa shape index (κ1) is 18.1. The average molecular weight is 383 g/mol. The molecular weight excluding hydrogens is 360 g/mol. The standard InChI is InChI=1S/C21H23ClN4O/c22-16-6-3-5-15(13-16)18-9-10-19-20(25-18)21(27)26(14-24-19)12-4-8-17-7-1-2-11-23-17/h3,5-6,9-10,13-14,17,23H,1-2,4,7-8,11-12H2/t17-/m0/s1. The highest BCUT2D eigenvalue weighted by Gasteiger charge is 2.13. The van der Waals surface area contributed by atoms with Crippen molar-refractivity contribution in [2.75, 3.05) is 6.54 Å². The SMILES string of the molecule is O=c1c2nc(-c3cccc(Cl)c3)ccc2ncn1CCC[C@@H]1CCCCN1. The molecule has 1 atom stereocenters. The number of aromatic nitrogens is 3. The Labute approximate surface area is 163 Å². The maximum atomic E-state index is 12.9. The fraction of sp³-hybridized carbons (Fsp3) is 0.381. The summed E-state index contributed by atoms with van der Waals surface area (Å²) in [5.74, 6) is 0. The van der Waals surface area contributed by atoms with Crippen LogP contribution in [0.25, 0.3) is 22.3 Å². The van der Waals surface area contributed by atoms with Crippen molar-refractivity contribution in [2.24, 2.45) is 0 Å². The van der Waals surface area contributed by atoms with Crippen molar-refractivity contribution in [3.63, 3.8) is 0 Å². The van der Waals surface area contributed by atoms with E-state index in [0.29, 0.717) is 28.6 Å². The summed E-state index contributed by atoms with van der Waals surface area (Å²) in [5.41, 5.74) is 2.57. The van der Waals surface area contributed by atoms with Gasteiger partial charge >= 0.3 is 0 Å². The molecule has 0 spiro atoms. The Morgan fingerprint density at radius 1 is 1.22 bits per heavy atom. The van der Waals surface area contributed by atoms with Crippen LogP contribution < -0.4 is 10.9 Å². The predicted molar refractivity (Wildman–Crippen MR) is 109 cm³/mol. The van der Waals surface area contributed by atoms with Crippen LogP contribution in [-0.4, -0.2) is 27.1 Å². The van der Waals surface area contributed by atoms with Crippen LogP contribution in [0.2, 0.25) is 5.02 Å². The molecule has 0 aliphatic carbocycles. The highest BCUT2D eigenvalue weighted by molar-refractivity contribution is 6.30. The molecule has 1 aliphatic heterocycles. The van der Waals surface area contributed by atoms with E-state index in [-0.39, 0.29) is 5.56 Å². The van der Waals surface area contributed by atoms with E-state index >= 15 is 0 Å². The molecule has 1 aromatic carbocycles. The predicted octanol–water partition coefficient (Wildman–Crippen LogP) is 4.03. The smallest absolute Gasteiger partial charge is 0.279 e. The third-order valence-corrected chi connectivity index (χ3v) is 5.39. The minimum Gasteiger partial charge on any atom is -0.314 e. The largest absolute Gasteiger partial charge is 0.314 e. The Balaban J connectivity index is 1.55. The molecule has 0 bridgehead atoms. The molecule has 4 rings (SSSR count). The third kappa shape index (κ3) is 4.20. The maximum absolute atomic E-state index is 12.9. The van der Waals surface area contributed by atoms with Gasteiger partial charge in [-0.25, -0.2) is 9.97 Å². The Hall–Kier alpha value is -2.24. The fourth-order valence-corrected chi connectivity index (χ4v) is 3.87. The third-order valence-electron chi connectivity index (χ3n) is 5.16. The van der Waals surface area contributed by atoms with Crippen molar-refractivity contribution in [3.8, 4) is 11.3 Å². The summed E-state index contributed by atoms with van der Waals surface area (Å²) in [6, 6.07) is 11.8. The first-order chi connectivity index (χ1) is 13.2. The van der Waals surface area contributed by atoms with E-state index < -0.39 is 0 Å². The lowest BCUT2D eigenvalue weighted by Gasteiger charge is -2.23. The monoisotopic (exact) mass is 382 g/mol. The Morgan fingerprint density at radius 3 is 2.96 bits per heavy atom. The van der Waals surface area contributed by atoms with Crippen LogP contribution in [0.3, 0.4) is 0 Å². The Kier molecular flexibility index (Phi) is 5.50. The molecule has 6 heteroatoms. The second-order valence-electron chi connectivity index (χ2n) is 7.11. The molecule has 27 heavy (non-hydrogen) atoms. The minimum atomic E-state index is -0.0829. The van der Waals surface area contributed by atoms with E-state index in [2.05, 4.69) is 15.3 Å². The number of nitrogens with zero attached hydrogens (tertiary/aromatic N) is 3. The lowest BCUT2D eigenvalue weighted by atomic mass is 10.0. The summed E-state index contributed by atoms with van der Waals surface area (Å²) in [6.07, 6.45) is 7.48. The van der Waals surface area contributed by atoms with Crippen molar-refractivity contribution >= 4 is 22.6 Å². The van der Waals surface area contributed by atoms with Gasteiger partial charge in [-0.05, 0) is 56.5 Å². The van der Waals surface area contributed by atoms with Crippen LogP contribution in [0.15, 0.2) is 47.5 Å². The number of pyridine rings is 1. The van der Waals surface area contributed by atoms with Crippen molar-refractivity contribution in [2.45, 2.75) is 44.7 Å². The molecule has 0 saturated carbocycles. The lowest BCUT2D eigenvalue weighted by Crippen LogP contribution is -2.34.